The van der Waals surface area contributed by atoms with Gasteiger partial charge in [-0.3, -0.25) is 4.79 Å². The average molecular weight is 486 g/mol. The van der Waals surface area contributed by atoms with Gasteiger partial charge in [0, 0.05) is 17.7 Å². The Morgan fingerprint density at radius 2 is 1.69 bits per heavy atom. The number of hydrogen-bond acceptors (Lipinski definition) is 5. The predicted molar refractivity (Wildman–Crippen MR) is 142 cm³/mol. The van der Waals surface area contributed by atoms with E-state index in [0.29, 0.717) is 23.7 Å². The molecule has 2 aromatic carbocycles. The summed E-state index contributed by atoms with van der Waals surface area (Å²) in [5, 5.41) is 13.2. The van der Waals surface area contributed by atoms with Crippen LogP contribution >= 0.6 is 0 Å². The highest BCUT2D eigenvalue weighted by Gasteiger charge is 2.26. The molecule has 0 fully saturated rings. The van der Waals surface area contributed by atoms with Gasteiger partial charge in [-0.05, 0) is 47.9 Å². The SMILES string of the molecule is CCCCCC(CC(=O)Nc1cc(C(C)O)ccc1C(C)(C)C)c1ccc(OC)c(OC)c1OC. The quantitative estimate of drug-likeness (QED) is 0.325. The molecule has 6 heteroatoms. The second kappa shape index (κ2) is 12.8. The maximum Gasteiger partial charge on any atom is 0.224 e. The Labute approximate surface area is 211 Å². The monoisotopic (exact) mass is 485 g/mol. The van der Waals surface area contributed by atoms with Crippen LogP contribution in [-0.4, -0.2) is 32.3 Å². The zero-order valence-electron chi connectivity index (χ0n) is 22.7. The fourth-order valence-corrected chi connectivity index (χ4v) is 4.46. The topological polar surface area (TPSA) is 77.0 Å². The number of benzene rings is 2. The number of carbonyl (C=O) groups is 1. The standard InChI is InChI=1S/C29H43NO5/c1-9-10-11-12-21(22-14-16-25(33-6)28(35-8)27(22)34-7)18-26(32)30-24-17-20(19(2)31)13-15-23(24)29(3,4)5/h13-17,19,21,31H,9-12,18H2,1-8H3,(H,30,32). The molecule has 1 amide bonds. The molecule has 35 heavy (non-hydrogen) atoms. The molecule has 2 aromatic rings. The molecule has 6 nitrogen and oxygen atoms in total. The molecule has 0 heterocycles. The van der Waals surface area contributed by atoms with Gasteiger partial charge in [-0.25, -0.2) is 0 Å². The van der Waals surface area contributed by atoms with E-state index in [1.165, 1.54) is 0 Å². The zero-order valence-corrected chi connectivity index (χ0v) is 22.7. The Morgan fingerprint density at radius 1 is 1.00 bits per heavy atom. The van der Waals surface area contributed by atoms with E-state index < -0.39 is 6.10 Å². The lowest BCUT2D eigenvalue weighted by Crippen LogP contribution is -2.21. The van der Waals surface area contributed by atoms with Crippen LogP contribution < -0.4 is 19.5 Å². The number of unbranched alkanes of at least 4 members (excludes halogenated alkanes) is 2. The Balaban J connectivity index is 2.41. The third-order valence-corrected chi connectivity index (χ3v) is 6.37. The molecule has 2 N–H and O–H groups in total. The number of aliphatic hydroxyl groups excluding tert-OH is 1. The molecule has 0 saturated carbocycles. The Bertz CT molecular complexity index is 978. The van der Waals surface area contributed by atoms with Crippen LogP contribution in [-0.2, 0) is 10.2 Å². The second-order valence-electron chi connectivity index (χ2n) is 10.1. The Kier molecular flexibility index (Phi) is 10.4. The number of carbonyl (C=O) groups excluding carboxylic acids is 1. The first-order chi connectivity index (χ1) is 16.6. The highest BCUT2D eigenvalue weighted by molar-refractivity contribution is 5.92. The van der Waals surface area contributed by atoms with E-state index in [4.69, 9.17) is 14.2 Å². The number of hydrogen-bond donors (Lipinski definition) is 2. The van der Waals surface area contributed by atoms with Gasteiger partial charge >= 0.3 is 0 Å². The van der Waals surface area contributed by atoms with Crippen molar-refractivity contribution >= 4 is 11.6 Å². The molecule has 0 aliphatic carbocycles. The van der Waals surface area contributed by atoms with Gasteiger partial charge < -0.3 is 24.6 Å². The third kappa shape index (κ3) is 7.38. The largest absolute Gasteiger partial charge is 0.493 e. The van der Waals surface area contributed by atoms with Gasteiger partial charge in [0.25, 0.3) is 0 Å². The molecule has 2 rings (SSSR count). The number of rotatable bonds is 12. The first-order valence-electron chi connectivity index (χ1n) is 12.5. The minimum Gasteiger partial charge on any atom is -0.493 e. The van der Waals surface area contributed by atoms with E-state index in [9.17, 15) is 9.90 Å². The smallest absolute Gasteiger partial charge is 0.224 e. The molecule has 0 spiro atoms. The van der Waals surface area contributed by atoms with Gasteiger partial charge in [-0.1, -0.05) is 65.2 Å². The second-order valence-corrected chi connectivity index (χ2v) is 10.1. The Morgan fingerprint density at radius 3 is 2.23 bits per heavy atom. The fourth-order valence-electron chi connectivity index (χ4n) is 4.46. The van der Waals surface area contributed by atoms with Gasteiger partial charge in [0.2, 0.25) is 11.7 Å². The fraction of sp³-hybridized carbons (Fsp3) is 0.552. The van der Waals surface area contributed by atoms with Gasteiger partial charge in [-0.15, -0.1) is 0 Å². The van der Waals surface area contributed by atoms with Crippen LogP contribution in [0.2, 0.25) is 0 Å². The lowest BCUT2D eigenvalue weighted by atomic mass is 9.84. The number of aliphatic hydroxyl groups is 1. The molecule has 2 unspecified atom stereocenters. The highest BCUT2D eigenvalue weighted by atomic mass is 16.5. The number of amides is 1. The summed E-state index contributed by atoms with van der Waals surface area (Å²) in [6.07, 6.45) is 3.75. The Hall–Kier alpha value is -2.73. The molecule has 0 aromatic heterocycles. The van der Waals surface area contributed by atoms with Crippen molar-refractivity contribution in [1.82, 2.24) is 0 Å². The molecule has 2 atom stereocenters. The van der Waals surface area contributed by atoms with Crippen molar-refractivity contribution in [1.29, 1.82) is 0 Å². The summed E-state index contributed by atoms with van der Waals surface area (Å²) in [5.74, 6) is 1.61. The van der Waals surface area contributed by atoms with Crippen molar-refractivity contribution in [3.63, 3.8) is 0 Å². The lowest BCUT2D eigenvalue weighted by molar-refractivity contribution is -0.116. The molecule has 0 aliphatic heterocycles. The summed E-state index contributed by atoms with van der Waals surface area (Å²) in [6.45, 7) is 10.2. The van der Waals surface area contributed by atoms with Crippen molar-refractivity contribution in [3.8, 4) is 17.2 Å². The minimum absolute atomic E-state index is 0.0469. The van der Waals surface area contributed by atoms with E-state index in [1.54, 1.807) is 28.3 Å². The molecule has 0 aliphatic rings. The summed E-state index contributed by atoms with van der Waals surface area (Å²) >= 11 is 0. The summed E-state index contributed by atoms with van der Waals surface area (Å²) in [7, 11) is 4.80. The number of anilines is 1. The van der Waals surface area contributed by atoms with Crippen LogP contribution in [0, 0.1) is 0 Å². The third-order valence-electron chi connectivity index (χ3n) is 6.37. The predicted octanol–water partition coefficient (Wildman–Crippen LogP) is 6.76. The molecular formula is C29H43NO5. The maximum absolute atomic E-state index is 13.4. The lowest BCUT2D eigenvalue weighted by Gasteiger charge is -2.25. The number of methoxy groups -OCH3 is 3. The van der Waals surface area contributed by atoms with Crippen molar-refractivity contribution in [2.45, 2.75) is 84.2 Å². The molecule has 0 saturated heterocycles. The van der Waals surface area contributed by atoms with E-state index in [1.807, 2.05) is 30.3 Å². The zero-order chi connectivity index (χ0) is 26.2. The highest BCUT2D eigenvalue weighted by Crippen LogP contribution is 2.44. The van der Waals surface area contributed by atoms with Crippen molar-refractivity contribution < 1.29 is 24.1 Å². The average Bonchev–Trinajstić information content (AvgIpc) is 2.81. The summed E-state index contributed by atoms with van der Waals surface area (Å²) in [6, 6.07) is 9.63. The number of nitrogens with one attached hydrogen (secondary N) is 1. The van der Waals surface area contributed by atoms with Gasteiger partial charge in [-0.2, -0.15) is 0 Å². The number of ether oxygens (including phenoxy) is 3. The molecule has 0 bridgehead atoms. The van der Waals surface area contributed by atoms with Gasteiger partial charge in [0.1, 0.15) is 0 Å². The summed E-state index contributed by atoms with van der Waals surface area (Å²) in [4.78, 5) is 13.4. The van der Waals surface area contributed by atoms with Crippen molar-refractivity contribution in [3.05, 3.63) is 47.0 Å². The first kappa shape index (κ1) is 28.5. The van der Waals surface area contributed by atoms with Crippen LogP contribution in [0.1, 0.15) is 95.4 Å². The van der Waals surface area contributed by atoms with Crippen molar-refractivity contribution in [2.75, 3.05) is 26.6 Å². The normalized spacial score (nSPS) is 13.2. The van der Waals surface area contributed by atoms with E-state index in [2.05, 4.69) is 33.0 Å². The molecule has 194 valence electrons. The maximum atomic E-state index is 13.4. The van der Waals surface area contributed by atoms with Crippen LogP contribution in [0.25, 0.3) is 0 Å². The van der Waals surface area contributed by atoms with Crippen LogP contribution in [0.4, 0.5) is 5.69 Å². The summed E-state index contributed by atoms with van der Waals surface area (Å²) in [5.41, 5.74) is 3.32. The minimum atomic E-state index is -0.613. The van der Waals surface area contributed by atoms with Crippen LogP contribution in [0.15, 0.2) is 30.3 Å². The molecular weight excluding hydrogens is 442 g/mol. The van der Waals surface area contributed by atoms with Gasteiger partial charge in [0.05, 0.1) is 27.4 Å². The van der Waals surface area contributed by atoms with Crippen molar-refractivity contribution in [2.24, 2.45) is 0 Å². The van der Waals surface area contributed by atoms with Crippen LogP contribution in [0.3, 0.4) is 0 Å². The van der Waals surface area contributed by atoms with E-state index in [-0.39, 0.29) is 17.2 Å². The van der Waals surface area contributed by atoms with Crippen LogP contribution in [0.5, 0.6) is 17.2 Å². The first-order valence-corrected chi connectivity index (χ1v) is 12.5. The van der Waals surface area contributed by atoms with E-state index in [0.717, 1.165) is 48.1 Å². The summed E-state index contributed by atoms with van der Waals surface area (Å²) < 4.78 is 16.8. The molecule has 0 radical (unpaired) electrons. The van der Waals surface area contributed by atoms with E-state index >= 15 is 0 Å². The van der Waals surface area contributed by atoms with Gasteiger partial charge in [0.15, 0.2) is 11.5 Å².